The summed E-state index contributed by atoms with van der Waals surface area (Å²) < 4.78 is 43.6. The van der Waals surface area contributed by atoms with Crippen molar-refractivity contribution in [3.8, 4) is 22.4 Å². The third kappa shape index (κ3) is 3.95. The van der Waals surface area contributed by atoms with Crippen LogP contribution in [-0.2, 0) is 11.7 Å². The first-order valence-corrected chi connectivity index (χ1v) is 11.9. The van der Waals surface area contributed by atoms with Crippen LogP contribution in [0.1, 0.15) is 36.6 Å². The number of nitrogens with two attached hydrogens (primary N) is 1. The number of aliphatic hydroxyl groups is 1. The number of alkyl halides is 3. The first kappa shape index (κ1) is 23.6. The Morgan fingerprint density at radius 3 is 2.38 bits per heavy atom. The maximum Gasteiger partial charge on any atom is 0.417 e. The van der Waals surface area contributed by atoms with Gasteiger partial charge in [-0.15, -0.1) is 0 Å². The lowest BCUT2D eigenvalue weighted by atomic mass is 9.63. The van der Waals surface area contributed by atoms with Gasteiger partial charge < -0.3 is 10.8 Å². The molecule has 3 N–H and O–H groups in total. The van der Waals surface area contributed by atoms with E-state index in [-0.39, 0.29) is 5.56 Å². The topological polar surface area (TPSA) is 89.3 Å². The van der Waals surface area contributed by atoms with Crippen LogP contribution < -0.4 is 5.73 Å². The second kappa shape index (κ2) is 7.84. The fraction of sp³-hybridized carbons (Fsp3) is 0.250. The largest absolute Gasteiger partial charge is 0.417 e. The molecule has 188 valence electrons. The number of hydrogen-bond acceptors (Lipinski definition) is 5. The van der Waals surface area contributed by atoms with Crippen LogP contribution in [0, 0.1) is 6.92 Å². The number of nitrogens with zero attached hydrogens (tertiary/aromatic N) is 4. The zero-order valence-corrected chi connectivity index (χ0v) is 20.2. The van der Waals surface area contributed by atoms with Crippen LogP contribution in [0.5, 0.6) is 0 Å². The van der Waals surface area contributed by atoms with Crippen molar-refractivity contribution in [2.75, 3.05) is 0 Å². The summed E-state index contributed by atoms with van der Waals surface area (Å²) in [7, 11) is 0. The summed E-state index contributed by atoms with van der Waals surface area (Å²) in [4.78, 5) is 9.27. The van der Waals surface area contributed by atoms with Crippen molar-refractivity contribution in [3.05, 3.63) is 83.7 Å². The van der Waals surface area contributed by atoms with E-state index in [1.165, 1.54) is 12.1 Å². The molecular weight excluding hydrogens is 479 g/mol. The second-order valence-electron chi connectivity index (χ2n) is 10.2. The average Bonchev–Trinajstić information content (AvgIpc) is 3.22. The molecule has 1 aliphatic rings. The van der Waals surface area contributed by atoms with E-state index in [9.17, 15) is 18.3 Å². The van der Waals surface area contributed by atoms with E-state index >= 15 is 0 Å². The molecule has 0 amide bonds. The molecule has 1 fully saturated rings. The van der Waals surface area contributed by atoms with E-state index in [1.807, 2.05) is 37.3 Å². The highest BCUT2D eigenvalue weighted by molar-refractivity contribution is 5.91. The minimum absolute atomic E-state index is 0.0329. The van der Waals surface area contributed by atoms with E-state index in [4.69, 9.17) is 10.7 Å². The number of aryl methyl sites for hydroxylation is 1. The first-order valence-electron chi connectivity index (χ1n) is 11.9. The zero-order valence-electron chi connectivity index (χ0n) is 20.2. The normalized spacial score (nSPS) is 21.9. The fourth-order valence-corrected chi connectivity index (χ4v) is 5.52. The van der Waals surface area contributed by atoms with Gasteiger partial charge in [-0.3, -0.25) is 0 Å². The third-order valence-corrected chi connectivity index (χ3v) is 7.03. The molecule has 0 atom stereocenters. The monoisotopic (exact) mass is 503 g/mol. The highest BCUT2D eigenvalue weighted by atomic mass is 19.4. The maximum atomic E-state index is 14.0. The highest BCUT2D eigenvalue weighted by Crippen LogP contribution is 2.47. The average molecular weight is 504 g/mol. The number of benzene rings is 2. The van der Waals surface area contributed by atoms with Gasteiger partial charge in [-0.25, -0.2) is 9.97 Å². The predicted molar refractivity (Wildman–Crippen MR) is 135 cm³/mol. The van der Waals surface area contributed by atoms with Gasteiger partial charge in [-0.2, -0.15) is 22.8 Å². The molecule has 3 aromatic heterocycles. The Labute approximate surface area is 210 Å². The van der Waals surface area contributed by atoms with Crippen LogP contribution in [0.2, 0.25) is 0 Å². The van der Waals surface area contributed by atoms with Crippen molar-refractivity contribution in [1.29, 1.82) is 0 Å². The molecule has 0 spiro atoms. The Balaban J connectivity index is 1.58. The van der Waals surface area contributed by atoms with Crippen LogP contribution in [0.15, 0.2) is 66.9 Å². The van der Waals surface area contributed by atoms with Crippen LogP contribution >= 0.6 is 0 Å². The van der Waals surface area contributed by atoms with Gasteiger partial charge in [-0.05, 0) is 49.9 Å². The van der Waals surface area contributed by atoms with Gasteiger partial charge in [0.25, 0.3) is 0 Å². The van der Waals surface area contributed by atoms with E-state index in [0.717, 1.165) is 17.3 Å². The Morgan fingerprint density at radius 1 is 1.00 bits per heavy atom. The molecule has 2 aromatic carbocycles. The summed E-state index contributed by atoms with van der Waals surface area (Å²) in [6, 6.07) is 16.3. The number of pyridine rings is 1. The van der Waals surface area contributed by atoms with Crippen LogP contribution in [0.3, 0.4) is 0 Å². The third-order valence-electron chi connectivity index (χ3n) is 7.03. The zero-order chi connectivity index (χ0) is 26.2. The van der Waals surface area contributed by atoms with Crippen LogP contribution in [0.4, 0.5) is 13.2 Å². The van der Waals surface area contributed by atoms with E-state index < -0.39 is 22.9 Å². The molecule has 1 saturated carbocycles. The number of halogens is 3. The Hall–Kier alpha value is -3.82. The Bertz CT molecular complexity index is 1660. The summed E-state index contributed by atoms with van der Waals surface area (Å²) in [6.45, 7) is 3.59. The van der Waals surface area contributed by atoms with Gasteiger partial charge in [0.2, 0.25) is 0 Å². The molecule has 3 heterocycles. The molecule has 6 rings (SSSR count). The standard InChI is InChI=1S/C28H24F3N5O/c1-16-11-23-33-13-18-12-21(20-5-3-4-6-22(20)28(29,30)31)24(34-25(18)36(23)35-16)17-7-9-19(10-8-17)27(32)14-26(2,37)15-27/h3-13,37H,14-15,32H2,1-2H3/t26-,27+. The van der Waals surface area contributed by atoms with Crippen molar-refractivity contribution in [3.63, 3.8) is 0 Å². The molecule has 0 saturated heterocycles. The molecule has 0 unspecified atom stereocenters. The van der Waals surface area contributed by atoms with Gasteiger partial charge in [0.05, 0.1) is 22.6 Å². The van der Waals surface area contributed by atoms with Crippen molar-refractivity contribution < 1.29 is 18.3 Å². The number of fused-ring (bicyclic) bond motifs is 3. The quantitative estimate of drug-likeness (QED) is 0.333. The number of rotatable bonds is 3. The second-order valence-corrected chi connectivity index (χ2v) is 10.2. The molecule has 6 nitrogen and oxygen atoms in total. The molecule has 37 heavy (non-hydrogen) atoms. The lowest BCUT2D eigenvalue weighted by molar-refractivity contribution is -0.137. The highest BCUT2D eigenvalue weighted by Gasteiger charge is 2.49. The van der Waals surface area contributed by atoms with Crippen molar-refractivity contribution in [2.24, 2.45) is 5.73 Å². The van der Waals surface area contributed by atoms with Gasteiger partial charge in [0, 0.05) is 34.3 Å². The Kier molecular flexibility index (Phi) is 4.99. The summed E-state index contributed by atoms with van der Waals surface area (Å²) in [5.74, 6) is 0. The number of aromatic nitrogens is 4. The lowest BCUT2D eigenvalue weighted by Crippen LogP contribution is -2.58. The molecule has 0 aliphatic heterocycles. The van der Waals surface area contributed by atoms with Gasteiger partial charge in [-0.1, -0.05) is 42.5 Å². The molecular formula is C28H24F3N5O. The summed E-state index contributed by atoms with van der Waals surface area (Å²) in [5.41, 5.74) is 8.42. The molecule has 0 radical (unpaired) electrons. The molecule has 5 aromatic rings. The van der Waals surface area contributed by atoms with E-state index in [1.54, 1.807) is 29.8 Å². The van der Waals surface area contributed by atoms with Crippen molar-refractivity contribution >= 4 is 16.7 Å². The van der Waals surface area contributed by atoms with Crippen molar-refractivity contribution in [2.45, 2.75) is 44.0 Å². The smallest absolute Gasteiger partial charge is 0.390 e. The van der Waals surface area contributed by atoms with Crippen LogP contribution in [0.25, 0.3) is 39.1 Å². The van der Waals surface area contributed by atoms with E-state index in [0.29, 0.717) is 46.3 Å². The van der Waals surface area contributed by atoms with Gasteiger partial charge >= 0.3 is 6.18 Å². The summed E-state index contributed by atoms with van der Waals surface area (Å²) in [6.07, 6.45) is -2.07. The predicted octanol–water partition coefficient (Wildman–Crippen LogP) is 5.64. The SMILES string of the molecule is Cc1cc2ncc3cc(-c4ccccc4C(F)(F)F)c(-c4ccc([C@]5(N)C[C@@](C)(O)C5)cc4)nc3n2n1. The van der Waals surface area contributed by atoms with Gasteiger partial charge in [0.15, 0.2) is 11.3 Å². The number of hydrogen-bond donors (Lipinski definition) is 2. The Morgan fingerprint density at radius 2 is 1.70 bits per heavy atom. The fourth-order valence-electron chi connectivity index (χ4n) is 5.52. The summed E-state index contributed by atoms with van der Waals surface area (Å²) >= 11 is 0. The molecule has 1 aliphatic carbocycles. The van der Waals surface area contributed by atoms with Crippen LogP contribution in [-0.4, -0.2) is 30.3 Å². The minimum atomic E-state index is -4.54. The van der Waals surface area contributed by atoms with E-state index in [2.05, 4.69) is 10.1 Å². The van der Waals surface area contributed by atoms with Gasteiger partial charge in [0.1, 0.15) is 0 Å². The maximum absolute atomic E-state index is 14.0. The first-order chi connectivity index (χ1) is 17.4. The minimum Gasteiger partial charge on any atom is -0.390 e. The molecule has 0 bridgehead atoms. The lowest BCUT2D eigenvalue weighted by Gasteiger charge is -2.49. The molecule has 9 heteroatoms. The summed E-state index contributed by atoms with van der Waals surface area (Å²) in [5, 5.41) is 15.2. The van der Waals surface area contributed by atoms with Crippen molar-refractivity contribution in [1.82, 2.24) is 19.6 Å².